The molecule has 1 aromatic carbocycles. The van der Waals surface area contributed by atoms with Crippen LogP contribution in [0, 0.1) is 0 Å². The Bertz CT molecular complexity index is 1100. The summed E-state index contributed by atoms with van der Waals surface area (Å²) in [6, 6.07) is 12.4. The summed E-state index contributed by atoms with van der Waals surface area (Å²) in [4.78, 5) is 15.7. The summed E-state index contributed by atoms with van der Waals surface area (Å²) in [6.45, 7) is 5.01. The molecule has 0 unspecified atom stereocenters. The lowest BCUT2D eigenvalue weighted by atomic mass is 10.1. The highest BCUT2D eigenvalue weighted by atomic mass is 32.1. The maximum absolute atomic E-state index is 5.38. The largest absolute Gasteiger partial charge is 0.497 e. The van der Waals surface area contributed by atoms with Crippen LogP contribution in [0.15, 0.2) is 60.4 Å². The first-order chi connectivity index (χ1) is 14.3. The van der Waals surface area contributed by atoms with Gasteiger partial charge in [0.15, 0.2) is 11.5 Å². The maximum atomic E-state index is 5.38. The zero-order valence-corrected chi connectivity index (χ0v) is 17.2. The number of ether oxygens (including phenoxy) is 1. The van der Waals surface area contributed by atoms with E-state index in [9.17, 15) is 0 Å². The molecule has 0 radical (unpaired) electrons. The van der Waals surface area contributed by atoms with Crippen LogP contribution in [0.3, 0.4) is 0 Å². The van der Waals surface area contributed by atoms with Crippen molar-refractivity contribution in [2.45, 2.75) is 6.54 Å². The molecule has 29 heavy (non-hydrogen) atoms. The van der Waals surface area contributed by atoms with Crippen LogP contribution in [0.1, 0.15) is 4.88 Å². The molecule has 3 aromatic heterocycles. The van der Waals surface area contributed by atoms with E-state index in [4.69, 9.17) is 9.72 Å². The van der Waals surface area contributed by atoms with Gasteiger partial charge in [-0.1, -0.05) is 18.2 Å². The van der Waals surface area contributed by atoms with Crippen LogP contribution < -0.4 is 9.64 Å². The van der Waals surface area contributed by atoms with Crippen molar-refractivity contribution in [2.75, 3.05) is 38.2 Å². The molecule has 0 bridgehead atoms. The Kier molecular flexibility index (Phi) is 4.91. The summed E-state index contributed by atoms with van der Waals surface area (Å²) in [7, 11) is 1.69. The van der Waals surface area contributed by atoms with E-state index in [1.807, 2.05) is 48.1 Å². The zero-order valence-electron chi connectivity index (χ0n) is 16.4. The second-order valence-electron chi connectivity index (χ2n) is 7.16. The highest BCUT2D eigenvalue weighted by Crippen LogP contribution is 2.28. The Morgan fingerprint density at radius 3 is 2.76 bits per heavy atom. The van der Waals surface area contributed by atoms with E-state index in [1.54, 1.807) is 7.11 Å². The Balaban J connectivity index is 1.38. The number of anilines is 1. The van der Waals surface area contributed by atoms with Gasteiger partial charge in [-0.15, -0.1) is 11.3 Å². The number of nitrogens with zero attached hydrogens (tertiary/aromatic N) is 5. The average molecular weight is 406 g/mol. The first-order valence-electron chi connectivity index (χ1n) is 9.78. The lowest BCUT2D eigenvalue weighted by molar-refractivity contribution is 0.251. The number of fused-ring (bicyclic) bond motifs is 1. The predicted molar refractivity (Wildman–Crippen MR) is 117 cm³/mol. The normalized spacial score (nSPS) is 15.1. The molecule has 0 saturated carbocycles. The fourth-order valence-corrected chi connectivity index (χ4v) is 4.61. The van der Waals surface area contributed by atoms with E-state index in [2.05, 4.69) is 42.8 Å². The minimum Gasteiger partial charge on any atom is -0.497 e. The van der Waals surface area contributed by atoms with Gasteiger partial charge in [0.05, 0.1) is 19.0 Å². The molecular weight excluding hydrogens is 382 g/mol. The van der Waals surface area contributed by atoms with Gasteiger partial charge in [-0.25, -0.2) is 9.97 Å². The Morgan fingerprint density at radius 2 is 1.97 bits per heavy atom. The van der Waals surface area contributed by atoms with Crippen molar-refractivity contribution in [1.29, 1.82) is 0 Å². The molecule has 0 N–H and O–H groups in total. The van der Waals surface area contributed by atoms with Crippen LogP contribution in [0.2, 0.25) is 0 Å². The summed E-state index contributed by atoms with van der Waals surface area (Å²) in [5.41, 5.74) is 3.02. The molecule has 1 aliphatic heterocycles. The number of aromatic nitrogens is 3. The van der Waals surface area contributed by atoms with Crippen LogP contribution in [-0.2, 0) is 6.54 Å². The van der Waals surface area contributed by atoms with Crippen LogP contribution >= 0.6 is 11.3 Å². The van der Waals surface area contributed by atoms with Gasteiger partial charge in [0, 0.05) is 55.6 Å². The first kappa shape index (κ1) is 18.1. The van der Waals surface area contributed by atoms with Gasteiger partial charge >= 0.3 is 0 Å². The SMILES string of the molecule is COc1cccc(-c2cnc3c(N4CCN(Cc5cccs5)CC4)nccn23)c1. The van der Waals surface area contributed by atoms with Gasteiger partial charge in [-0.2, -0.15) is 0 Å². The quantitative estimate of drug-likeness (QED) is 0.506. The van der Waals surface area contributed by atoms with Gasteiger partial charge in [-0.05, 0) is 23.6 Å². The minimum absolute atomic E-state index is 0.841. The van der Waals surface area contributed by atoms with E-state index in [0.29, 0.717) is 0 Å². The van der Waals surface area contributed by atoms with E-state index in [1.165, 1.54) is 4.88 Å². The molecular formula is C22H23N5OS. The maximum Gasteiger partial charge on any atom is 0.180 e. The van der Waals surface area contributed by atoms with Crippen molar-refractivity contribution >= 4 is 22.8 Å². The molecule has 6 nitrogen and oxygen atoms in total. The summed E-state index contributed by atoms with van der Waals surface area (Å²) < 4.78 is 7.50. The van der Waals surface area contributed by atoms with Crippen molar-refractivity contribution in [3.05, 3.63) is 65.2 Å². The van der Waals surface area contributed by atoms with Crippen molar-refractivity contribution in [1.82, 2.24) is 19.3 Å². The topological polar surface area (TPSA) is 45.9 Å². The van der Waals surface area contributed by atoms with E-state index in [0.717, 1.165) is 61.2 Å². The lowest BCUT2D eigenvalue weighted by Gasteiger charge is -2.35. The van der Waals surface area contributed by atoms with E-state index < -0.39 is 0 Å². The third kappa shape index (κ3) is 3.59. The summed E-state index contributed by atoms with van der Waals surface area (Å²) in [6.07, 6.45) is 5.77. The van der Waals surface area contributed by atoms with Crippen LogP contribution in [-0.4, -0.2) is 52.6 Å². The van der Waals surface area contributed by atoms with E-state index in [-0.39, 0.29) is 0 Å². The zero-order chi connectivity index (χ0) is 19.6. The molecule has 1 fully saturated rings. The second-order valence-corrected chi connectivity index (χ2v) is 8.19. The lowest BCUT2D eigenvalue weighted by Crippen LogP contribution is -2.46. The molecule has 148 valence electrons. The molecule has 0 aliphatic carbocycles. The number of methoxy groups -OCH3 is 1. The molecule has 0 amide bonds. The molecule has 4 heterocycles. The average Bonchev–Trinajstić information content (AvgIpc) is 3.44. The number of thiophene rings is 1. The minimum atomic E-state index is 0.841. The number of hydrogen-bond donors (Lipinski definition) is 0. The van der Waals surface area contributed by atoms with Gasteiger partial charge in [-0.3, -0.25) is 9.30 Å². The highest BCUT2D eigenvalue weighted by Gasteiger charge is 2.21. The number of imidazole rings is 1. The standard InChI is InChI=1S/C22H23N5OS/c1-28-18-5-2-4-17(14-18)20-15-24-22-21(23-7-8-27(20)22)26-11-9-25(10-12-26)16-19-6-3-13-29-19/h2-8,13-15H,9-12,16H2,1H3. The highest BCUT2D eigenvalue weighted by molar-refractivity contribution is 7.09. The van der Waals surface area contributed by atoms with Gasteiger partial charge in [0.1, 0.15) is 5.75 Å². The van der Waals surface area contributed by atoms with Crippen LogP contribution in [0.25, 0.3) is 16.9 Å². The number of benzene rings is 1. The van der Waals surface area contributed by atoms with E-state index >= 15 is 0 Å². The monoisotopic (exact) mass is 405 g/mol. The van der Waals surface area contributed by atoms with Gasteiger partial charge in [0.25, 0.3) is 0 Å². The Labute approximate surface area is 174 Å². The number of hydrogen-bond acceptors (Lipinski definition) is 6. The van der Waals surface area contributed by atoms with Crippen LogP contribution in [0.5, 0.6) is 5.75 Å². The van der Waals surface area contributed by atoms with Gasteiger partial charge in [0.2, 0.25) is 0 Å². The molecule has 0 atom stereocenters. The smallest absolute Gasteiger partial charge is 0.180 e. The van der Waals surface area contributed by atoms with Gasteiger partial charge < -0.3 is 9.64 Å². The summed E-state index contributed by atoms with van der Waals surface area (Å²) >= 11 is 1.83. The molecule has 1 aliphatic rings. The number of piperazine rings is 1. The fourth-order valence-electron chi connectivity index (χ4n) is 3.87. The van der Waals surface area contributed by atoms with Crippen molar-refractivity contribution in [3.8, 4) is 17.0 Å². The second kappa shape index (κ2) is 7.85. The first-order valence-corrected chi connectivity index (χ1v) is 10.7. The predicted octanol–water partition coefficient (Wildman–Crippen LogP) is 3.79. The number of rotatable bonds is 5. The Morgan fingerprint density at radius 1 is 1.07 bits per heavy atom. The third-order valence-corrected chi connectivity index (χ3v) is 6.27. The molecule has 1 saturated heterocycles. The van der Waals surface area contributed by atoms with Crippen molar-refractivity contribution < 1.29 is 4.74 Å². The fraction of sp³-hybridized carbons (Fsp3) is 0.273. The Hall–Kier alpha value is -2.90. The summed E-state index contributed by atoms with van der Waals surface area (Å²) in [5, 5.41) is 2.15. The third-order valence-electron chi connectivity index (χ3n) is 5.41. The summed E-state index contributed by atoms with van der Waals surface area (Å²) in [5.74, 6) is 1.80. The molecule has 4 aromatic rings. The molecule has 5 rings (SSSR count). The van der Waals surface area contributed by atoms with Crippen molar-refractivity contribution in [3.63, 3.8) is 0 Å². The van der Waals surface area contributed by atoms with Crippen molar-refractivity contribution in [2.24, 2.45) is 0 Å². The van der Waals surface area contributed by atoms with Crippen LogP contribution in [0.4, 0.5) is 5.82 Å². The molecule has 0 spiro atoms. The molecule has 7 heteroatoms.